The van der Waals surface area contributed by atoms with E-state index in [4.69, 9.17) is 10.8 Å². The highest BCUT2D eigenvalue weighted by atomic mass is 19.1. The van der Waals surface area contributed by atoms with Crippen LogP contribution in [0.3, 0.4) is 0 Å². The van der Waals surface area contributed by atoms with Gasteiger partial charge in [0.1, 0.15) is 5.82 Å². The van der Waals surface area contributed by atoms with Crippen LogP contribution in [-0.2, 0) is 0 Å². The second-order valence-corrected chi connectivity index (χ2v) is 3.49. The van der Waals surface area contributed by atoms with Gasteiger partial charge in [0.25, 0.3) is 5.91 Å². The number of rotatable bonds is 3. The van der Waals surface area contributed by atoms with Crippen molar-refractivity contribution in [2.75, 3.05) is 11.1 Å². The molecule has 2 rings (SSSR count). The van der Waals surface area contributed by atoms with E-state index in [0.29, 0.717) is 0 Å². The second kappa shape index (κ2) is 4.72. The highest BCUT2D eigenvalue weighted by Gasteiger charge is 2.16. The van der Waals surface area contributed by atoms with E-state index in [1.807, 2.05) is 0 Å². The Bertz CT molecular complexity index is 654. The number of aromatic carboxylic acids is 1. The molecule has 0 aliphatic carbocycles. The number of carbonyl (C=O) groups excluding carboxylic acids is 1. The summed E-state index contributed by atoms with van der Waals surface area (Å²) in [7, 11) is 0. The lowest BCUT2D eigenvalue weighted by molar-refractivity contribution is 0.0698. The number of nitrogens with zero attached hydrogens (tertiary/aromatic N) is 2. The first-order valence-electron chi connectivity index (χ1n) is 4.99. The number of carbonyl (C=O) groups is 2. The molecule has 0 fully saturated rings. The van der Waals surface area contributed by atoms with E-state index in [1.54, 1.807) is 0 Å². The first-order valence-corrected chi connectivity index (χ1v) is 4.99. The molecule has 19 heavy (non-hydrogen) atoms. The maximum atomic E-state index is 13.1. The van der Waals surface area contributed by atoms with Crippen LogP contribution in [0.5, 0.6) is 0 Å². The third-order valence-corrected chi connectivity index (χ3v) is 2.18. The third kappa shape index (κ3) is 2.65. The van der Waals surface area contributed by atoms with Gasteiger partial charge in [0.05, 0.1) is 11.3 Å². The molecule has 1 amide bonds. The Balaban J connectivity index is 2.30. The Morgan fingerprint density at radius 2 is 2.16 bits per heavy atom. The number of benzene rings is 1. The minimum absolute atomic E-state index is 0.136. The van der Waals surface area contributed by atoms with Crippen LogP contribution in [0.4, 0.5) is 16.0 Å². The van der Waals surface area contributed by atoms with Gasteiger partial charge in [0.2, 0.25) is 11.8 Å². The molecule has 0 spiro atoms. The highest BCUT2D eigenvalue weighted by Crippen LogP contribution is 2.17. The van der Waals surface area contributed by atoms with E-state index < -0.39 is 17.7 Å². The molecule has 1 aromatic heterocycles. The van der Waals surface area contributed by atoms with Gasteiger partial charge >= 0.3 is 5.97 Å². The lowest BCUT2D eigenvalue weighted by Crippen LogP contribution is -2.16. The zero-order valence-electron chi connectivity index (χ0n) is 9.35. The Morgan fingerprint density at radius 3 is 2.74 bits per heavy atom. The molecule has 0 unspecified atom stereocenters. The number of carboxylic acids is 1. The topological polar surface area (TPSA) is 134 Å². The molecule has 1 heterocycles. The normalized spacial score (nSPS) is 10.2. The lowest BCUT2D eigenvalue weighted by Gasteiger charge is -2.06. The monoisotopic (exact) mass is 265 g/mol. The minimum atomic E-state index is -1.30. The fourth-order valence-electron chi connectivity index (χ4n) is 1.36. The molecule has 0 saturated heterocycles. The summed E-state index contributed by atoms with van der Waals surface area (Å²) in [6.07, 6.45) is 0. The quantitative estimate of drug-likeness (QED) is 0.637. The van der Waals surface area contributed by atoms with E-state index in [-0.39, 0.29) is 23.0 Å². The van der Waals surface area contributed by atoms with Gasteiger partial charge in [-0.25, -0.2) is 9.18 Å². The van der Waals surface area contributed by atoms with Crippen LogP contribution in [0, 0.1) is 5.82 Å². The molecular weight excluding hydrogens is 257 g/mol. The van der Waals surface area contributed by atoms with E-state index >= 15 is 0 Å². The Hall–Kier alpha value is -2.97. The Kier molecular flexibility index (Phi) is 3.10. The van der Waals surface area contributed by atoms with E-state index in [1.165, 1.54) is 0 Å². The number of H-pyrrole nitrogens is 1. The number of aromatic nitrogens is 3. The maximum Gasteiger partial charge on any atom is 0.337 e. The molecule has 1 aromatic carbocycles. The largest absolute Gasteiger partial charge is 0.478 e. The van der Waals surface area contributed by atoms with Crippen molar-refractivity contribution in [3.63, 3.8) is 0 Å². The van der Waals surface area contributed by atoms with Gasteiger partial charge < -0.3 is 16.2 Å². The average Bonchev–Trinajstić information content (AvgIpc) is 2.75. The summed E-state index contributed by atoms with van der Waals surface area (Å²) in [5.41, 5.74) is 4.79. The number of carboxylic acid groups (broad SMARTS) is 1. The molecule has 0 bridgehead atoms. The number of hydrogen-bond acceptors (Lipinski definition) is 5. The van der Waals surface area contributed by atoms with Crippen molar-refractivity contribution < 1.29 is 19.1 Å². The summed E-state index contributed by atoms with van der Waals surface area (Å²) in [4.78, 5) is 26.2. The van der Waals surface area contributed by atoms with Crippen molar-refractivity contribution >= 4 is 23.5 Å². The smallest absolute Gasteiger partial charge is 0.337 e. The van der Waals surface area contributed by atoms with E-state index in [9.17, 15) is 14.0 Å². The molecule has 98 valence electrons. The van der Waals surface area contributed by atoms with Crippen LogP contribution in [0.1, 0.15) is 21.0 Å². The van der Waals surface area contributed by atoms with Gasteiger partial charge in [0, 0.05) is 0 Å². The van der Waals surface area contributed by atoms with Gasteiger partial charge in [-0.3, -0.25) is 9.89 Å². The maximum absolute atomic E-state index is 13.1. The number of nitrogens with one attached hydrogen (secondary N) is 2. The number of halogens is 1. The minimum Gasteiger partial charge on any atom is -0.478 e. The standard InChI is InChI=1S/C10H8FN5O3/c11-4-1-2-5(9(18)19)6(3-4)13-8(17)7-14-10(12)16-15-7/h1-3H,(H,13,17)(H,18,19)(H3,12,14,15,16). The van der Waals surface area contributed by atoms with E-state index in [0.717, 1.165) is 18.2 Å². The van der Waals surface area contributed by atoms with Crippen LogP contribution in [0.25, 0.3) is 0 Å². The molecule has 8 nitrogen and oxygen atoms in total. The molecule has 0 aliphatic heterocycles. The number of amides is 1. The van der Waals surface area contributed by atoms with Crippen molar-refractivity contribution in [1.82, 2.24) is 15.2 Å². The van der Waals surface area contributed by atoms with Gasteiger partial charge in [-0.2, -0.15) is 4.98 Å². The van der Waals surface area contributed by atoms with Crippen molar-refractivity contribution in [3.8, 4) is 0 Å². The van der Waals surface area contributed by atoms with Crippen LogP contribution < -0.4 is 11.1 Å². The van der Waals surface area contributed by atoms with Crippen molar-refractivity contribution in [2.24, 2.45) is 0 Å². The zero-order valence-corrected chi connectivity index (χ0v) is 9.35. The van der Waals surface area contributed by atoms with Crippen LogP contribution in [-0.4, -0.2) is 32.2 Å². The summed E-state index contributed by atoms with van der Waals surface area (Å²) in [5, 5.41) is 16.8. The van der Waals surface area contributed by atoms with E-state index in [2.05, 4.69) is 20.5 Å². The van der Waals surface area contributed by atoms with Gasteiger partial charge in [-0.15, -0.1) is 5.10 Å². The van der Waals surface area contributed by atoms with Crippen LogP contribution in [0.2, 0.25) is 0 Å². The first-order chi connectivity index (χ1) is 8.97. The Morgan fingerprint density at radius 1 is 1.42 bits per heavy atom. The predicted molar refractivity (Wildman–Crippen MR) is 62.1 cm³/mol. The van der Waals surface area contributed by atoms with Crippen molar-refractivity contribution in [3.05, 3.63) is 35.4 Å². The number of hydrogen-bond donors (Lipinski definition) is 4. The number of nitrogen functional groups attached to an aromatic ring is 1. The van der Waals surface area contributed by atoms with Gasteiger partial charge in [-0.1, -0.05) is 0 Å². The summed E-state index contributed by atoms with van der Waals surface area (Å²) < 4.78 is 13.1. The summed E-state index contributed by atoms with van der Waals surface area (Å²) in [6.45, 7) is 0. The summed E-state index contributed by atoms with van der Waals surface area (Å²) >= 11 is 0. The number of anilines is 2. The zero-order chi connectivity index (χ0) is 14.0. The average molecular weight is 265 g/mol. The molecule has 0 aliphatic rings. The van der Waals surface area contributed by atoms with Gasteiger partial charge in [-0.05, 0) is 18.2 Å². The molecule has 0 radical (unpaired) electrons. The molecule has 2 aromatic rings. The fraction of sp³-hybridized carbons (Fsp3) is 0. The number of nitrogens with two attached hydrogens (primary N) is 1. The van der Waals surface area contributed by atoms with Crippen LogP contribution in [0.15, 0.2) is 18.2 Å². The first kappa shape index (κ1) is 12.5. The highest BCUT2D eigenvalue weighted by molar-refractivity contribution is 6.05. The molecule has 0 saturated carbocycles. The molecule has 9 heteroatoms. The van der Waals surface area contributed by atoms with Crippen LogP contribution >= 0.6 is 0 Å². The molecule has 0 atom stereocenters. The predicted octanol–water partition coefficient (Wildman–Crippen LogP) is 0.476. The van der Waals surface area contributed by atoms with Crippen molar-refractivity contribution in [1.29, 1.82) is 0 Å². The molecular formula is C10H8FN5O3. The fourth-order valence-corrected chi connectivity index (χ4v) is 1.36. The summed E-state index contributed by atoms with van der Waals surface area (Å²) in [6, 6.07) is 2.91. The SMILES string of the molecule is Nc1n[nH]c(C(=O)Nc2cc(F)ccc2C(=O)O)n1. The third-order valence-electron chi connectivity index (χ3n) is 2.18. The second-order valence-electron chi connectivity index (χ2n) is 3.49. The number of aromatic amines is 1. The summed E-state index contributed by atoms with van der Waals surface area (Å²) in [5.74, 6) is -3.11. The molecule has 5 N–H and O–H groups in total. The Labute approximate surface area is 105 Å². The lowest BCUT2D eigenvalue weighted by atomic mass is 10.1. The van der Waals surface area contributed by atoms with Crippen molar-refractivity contribution in [2.45, 2.75) is 0 Å². The van der Waals surface area contributed by atoms with Gasteiger partial charge in [0.15, 0.2) is 0 Å².